The molecule has 1 aromatic carbocycles. The number of hydrogen-bond acceptors (Lipinski definition) is 8. The Morgan fingerprint density at radius 2 is 0.826 bits per heavy atom. The van der Waals surface area contributed by atoms with Gasteiger partial charge in [0.15, 0.2) is 17.1 Å². The van der Waals surface area contributed by atoms with E-state index in [1.807, 2.05) is 105 Å². The third-order valence-corrected chi connectivity index (χ3v) is 13.2. The summed E-state index contributed by atoms with van der Waals surface area (Å²) in [4.78, 5) is 17.6. The molecule has 474 valence electrons. The highest BCUT2D eigenvalue weighted by Crippen LogP contribution is 2.33. The summed E-state index contributed by atoms with van der Waals surface area (Å²) in [5.74, 6) is 1.51. The van der Waals surface area contributed by atoms with Crippen LogP contribution in [-0.4, -0.2) is 88.6 Å². The van der Waals surface area contributed by atoms with Gasteiger partial charge in [-0.05, 0) is 163 Å². The largest absolute Gasteiger partial charge is 0.435 e. The molecule has 7 heterocycles. The van der Waals surface area contributed by atoms with E-state index in [1.165, 1.54) is 44.5 Å². The quantitative estimate of drug-likeness (QED) is 0.117. The zero-order chi connectivity index (χ0) is 65.6. The van der Waals surface area contributed by atoms with E-state index in [-0.39, 0.29) is 35.5 Å². The van der Waals surface area contributed by atoms with Gasteiger partial charge in [0.2, 0.25) is 0 Å². The molecule has 0 aliphatic heterocycles. The minimum Gasteiger partial charge on any atom is -0.343 e. The van der Waals surface area contributed by atoms with Crippen LogP contribution in [-0.2, 0) is 26.4 Å². The van der Waals surface area contributed by atoms with Crippen LogP contribution in [0.5, 0.6) is 0 Å². The number of hydrogen-bond donors (Lipinski definition) is 0. The molecule has 0 N–H and O–H groups in total. The van der Waals surface area contributed by atoms with E-state index in [0.29, 0.717) is 46.4 Å². The van der Waals surface area contributed by atoms with Gasteiger partial charge in [0.1, 0.15) is 5.82 Å². The van der Waals surface area contributed by atoms with E-state index in [1.54, 1.807) is 56.3 Å². The van der Waals surface area contributed by atoms with Crippen molar-refractivity contribution in [1.29, 1.82) is 0 Å². The van der Waals surface area contributed by atoms with Gasteiger partial charge < -0.3 is 4.90 Å². The van der Waals surface area contributed by atoms with Crippen molar-refractivity contribution in [1.82, 2.24) is 68.6 Å². The van der Waals surface area contributed by atoms with Crippen molar-refractivity contribution in [2.24, 2.45) is 14.1 Å². The molecule has 0 bridgehead atoms. The van der Waals surface area contributed by atoms with Crippen LogP contribution in [0.3, 0.4) is 0 Å². The van der Waals surface area contributed by atoms with Gasteiger partial charge in [-0.25, -0.2) is 13.8 Å². The van der Waals surface area contributed by atoms with E-state index in [9.17, 15) is 35.5 Å². The van der Waals surface area contributed by atoms with E-state index < -0.39 is 23.7 Å². The maximum Gasteiger partial charge on any atom is 0.435 e. The third-order valence-electron chi connectivity index (χ3n) is 13.2. The zero-order valence-corrected chi connectivity index (χ0v) is 54.9. The fourth-order valence-electron chi connectivity index (χ4n) is 8.84. The molecule has 0 fully saturated rings. The molecule has 0 spiro atoms. The molecule has 0 saturated heterocycles. The number of amides is 1. The Bertz CT molecular complexity index is 3310. The summed E-state index contributed by atoms with van der Waals surface area (Å²) in [6.45, 7) is 40.3. The van der Waals surface area contributed by atoms with Crippen LogP contribution in [0.25, 0.3) is 11.4 Å². The van der Waals surface area contributed by atoms with Gasteiger partial charge >= 0.3 is 12.4 Å². The molecule has 0 unspecified atom stereocenters. The normalized spacial score (nSPS) is 11.6. The lowest BCUT2D eigenvalue weighted by molar-refractivity contribution is -0.142. The Morgan fingerprint density at radius 1 is 0.442 bits per heavy atom. The predicted octanol–water partition coefficient (Wildman–Crippen LogP) is 16.8. The molecule has 1 amide bonds. The standard InChI is InChI=1S/C16H20FN3O.C12H15N3.C10H15F3N2.C10H18N2.C8H11F3N2.C8H14N2/c1-10(2)15-9-14(16(21)19(4)5)18-20(15)12-6-7-13(17)11(3)8-12;1-9(2)12-8-10(3)14-15(12)11-4-6-13-7-5-11;1-6(2)8-5-9(10(11,12)13)14-15(8)7(3)4;1-7(2)10-6-9(5)11-12(10)8(3)4;1-5(2)6-4-7(8(9,10)11)12-13(6)3;1-6(2)8-5-7(3)9-10(8)4/h6-10H,1-5H3;4-9H,1-3H3;5-7H,1-4H3;6-8H,1-5H3;4-5H,1-3H3;5-6H,1-4H3. The molecule has 22 heteroatoms. The van der Waals surface area contributed by atoms with Crippen LogP contribution in [0.4, 0.5) is 30.7 Å². The molecule has 15 nitrogen and oxygen atoms in total. The predicted molar refractivity (Wildman–Crippen MR) is 328 cm³/mol. The van der Waals surface area contributed by atoms with Crippen LogP contribution in [0.2, 0.25) is 0 Å². The summed E-state index contributed by atoms with van der Waals surface area (Å²) in [7, 11) is 6.89. The van der Waals surface area contributed by atoms with Gasteiger partial charge in [-0.2, -0.15) is 56.9 Å². The second-order valence-corrected chi connectivity index (χ2v) is 23.9. The lowest BCUT2D eigenvalue weighted by Crippen LogP contribution is -2.22. The van der Waals surface area contributed by atoms with Crippen LogP contribution in [0.1, 0.15) is 237 Å². The Morgan fingerprint density at radius 3 is 1.21 bits per heavy atom. The number of carbonyl (C=O) groups is 1. The first-order valence-corrected chi connectivity index (χ1v) is 29.1. The third kappa shape index (κ3) is 20.7. The number of halogens is 7. The minimum atomic E-state index is -4.36. The Labute approximate surface area is 505 Å². The van der Waals surface area contributed by atoms with Crippen LogP contribution in [0.15, 0.2) is 79.1 Å². The van der Waals surface area contributed by atoms with Crippen molar-refractivity contribution < 1.29 is 35.5 Å². The molecule has 0 atom stereocenters. The molecule has 0 saturated carbocycles. The molecule has 0 aliphatic rings. The van der Waals surface area contributed by atoms with Crippen molar-refractivity contribution in [3.63, 3.8) is 0 Å². The number of alkyl halides is 6. The number of rotatable bonds is 11. The maximum atomic E-state index is 13.4. The van der Waals surface area contributed by atoms with Crippen LogP contribution in [0, 0.1) is 33.5 Å². The van der Waals surface area contributed by atoms with Gasteiger partial charge in [-0.15, -0.1) is 0 Å². The number of nitrogens with zero attached hydrogens (tertiary/aromatic N) is 14. The highest BCUT2D eigenvalue weighted by atomic mass is 19.4. The summed E-state index contributed by atoms with van der Waals surface area (Å²) in [6, 6.07) is 19.6. The van der Waals surface area contributed by atoms with Crippen molar-refractivity contribution in [2.75, 3.05) is 14.1 Å². The molecule has 8 aromatic rings. The van der Waals surface area contributed by atoms with Crippen molar-refractivity contribution >= 4 is 5.91 Å². The van der Waals surface area contributed by atoms with Crippen molar-refractivity contribution in [3.8, 4) is 11.4 Å². The number of pyridine rings is 1. The lowest BCUT2D eigenvalue weighted by Gasteiger charge is -2.12. The molecular formula is C64H93F7N14O. The first kappa shape index (κ1) is 72.9. The van der Waals surface area contributed by atoms with Gasteiger partial charge in [0, 0.05) is 86.8 Å². The molecular weight excluding hydrogens is 1110 g/mol. The lowest BCUT2D eigenvalue weighted by atomic mass is 10.1. The molecule has 0 aliphatic carbocycles. The second kappa shape index (κ2) is 31.3. The molecule has 86 heavy (non-hydrogen) atoms. The first-order valence-electron chi connectivity index (χ1n) is 29.1. The maximum absolute atomic E-state index is 13.4. The van der Waals surface area contributed by atoms with Crippen molar-refractivity contribution in [2.45, 2.75) is 198 Å². The fraction of sp³-hybridized carbons (Fsp3) is 0.531. The minimum absolute atomic E-state index is 0.0380. The molecule has 7 aromatic heterocycles. The van der Waals surface area contributed by atoms with Crippen molar-refractivity contribution in [3.05, 3.63) is 159 Å². The Hall–Kier alpha value is -7.39. The topological polar surface area (TPSA) is 140 Å². The van der Waals surface area contributed by atoms with Crippen LogP contribution < -0.4 is 0 Å². The highest BCUT2D eigenvalue weighted by molar-refractivity contribution is 5.92. The first-order chi connectivity index (χ1) is 39.7. The Balaban J connectivity index is 0.000000274. The molecule has 8 rings (SSSR count). The summed E-state index contributed by atoms with van der Waals surface area (Å²) in [6.07, 6.45) is -5.12. The van der Waals surface area contributed by atoms with Gasteiger partial charge in [-0.1, -0.05) is 83.1 Å². The summed E-state index contributed by atoms with van der Waals surface area (Å²) >= 11 is 0. The van der Waals surface area contributed by atoms with E-state index in [4.69, 9.17) is 0 Å². The average molecular weight is 1210 g/mol. The summed E-state index contributed by atoms with van der Waals surface area (Å²) in [5, 5.41) is 24.6. The zero-order valence-electron chi connectivity index (χ0n) is 54.9. The van der Waals surface area contributed by atoms with E-state index >= 15 is 0 Å². The second-order valence-electron chi connectivity index (χ2n) is 23.9. The number of carbonyl (C=O) groups excluding carboxylic acids is 1. The van der Waals surface area contributed by atoms with E-state index in [0.717, 1.165) is 46.3 Å². The van der Waals surface area contributed by atoms with Gasteiger partial charge in [0.25, 0.3) is 5.91 Å². The number of benzene rings is 1. The van der Waals surface area contributed by atoms with Gasteiger partial charge in [-0.3, -0.25) is 28.5 Å². The number of aryl methyl sites for hydroxylation is 6. The molecule has 0 radical (unpaired) electrons. The number of aromatic nitrogens is 13. The SMILES string of the molecule is CC(C)c1cc(C(F)(F)F)nn1C.CC(C)c1cc(C(F)(F)F)nn1C(C)C.Cc1cc(-n2nc(C(=O)N(C)C)cc2C(C)C)ccc1F.Cc1cc(C(C)C)n(-c2ccncc2)n1.Cc1cc(C(C)C)n(C(C)C)n1.Cc1cc(C(C)C)n(C)n1. The summed E-state index contributed by atoms with van der Waals surface area (Å²) < 4.78 is 97.7. The highest BCUT2D eigenvalue weighted by Gasteiger charge is 2.36. The summed E-state index contributed by atoms with van der Waals surface area (Å²) in [5.41, 5.74) is 10.4. The Kier molecular flexibility index (Phi) is 26.5. The average Bonchev–Trinajstić information content (AvgIpc) is 3.17. The smallest absolute Gasteiger partial charge is 0.343 e. The van der Waals surface area contributed by atoms with Crippen LogP contribution >= 0.6 is 0 Å². The fourth-order valence-corrected chi connectivity index (χ4v) is 8.84. The van der Waals surface area contributed by atoms with Gasteiger partial charge in [0.05, 0.1) is 28.5 Å². The monoisotopic (exact) mass is 1210 g/mol. The van der Waals surface area contributed by atoms with E-state index in [2.05, 4.69) is 114 Å².